The van der Waals surface area contributed by atoms with Gasteiger partial charge in [0, 0.05) is 16.2 Å². The molecule has 6 nitrogen and oxygen atoms in total. The maximum atomic E-state index is 12.8. The molecule has 21 heavy (non-hydrogen) atoms. The minimum absolute atomic E-state index is 0.0682. The first kappa shape index (κ1) is 16.3. The number of nitrogens with zero attached hydrogens (tertiary/aromatic N) is 1. The predicted molar refractivity (Wildman–Crippen MR) is 82.1 cm³/mol. The van der Waals surface area contributed by atoms with Crippen LogP contribution in [0.4, 0.5) is 5.69 Å². The molecule has 1 aliphatic rings. The van der Waals surface area contributed by atoms with Gasteiger partial charge in [0.1, 0.15) is 6.54 Å². The van der Waals surface area contributed by atoms with Crippen molar-refractivity contribution in [1.29, 1.82) is 0 Å². The molecule has 1 saturated carbocycles. The molecule has 0 heterocycles. The Morgan fingerprint density at radius 3 is 2.71 bits per heavy atom. The summed E-state index contributed by atoms with van der Waals surface area (Å²) < 4.78 is 32.0. The summed E-state index contributed by atoms with van der Waals surface area (Å²) in [6, 6.07) is 4.43. The van der Waals surface area contributed by atoms with E-state index in [1.165, 1.54) is 10.4 Å². The third-order valence-electron chi connectivity index (χ3n) is 3.09. The van der Waals surface area contributed by atoms with E-state index in [-0.39, 0.29) is 24.1 Å². The van der Waals surface area contributed by atoms with E-state index in [1.54, 1.807) is 19.1 Å². The highest BCUT2D eigenvalue weighted by molar-refractivity contribution is 9.10. The first-order chi connectivity index (χ1) is 9.86. The summed E-state index contributed by atoms with van der Waals surface area (Å²) in [7, 11) is -3.80. The number of hydrogen-bond acceptors (Lipinski definition) is 5. The second-order valence-electron chi connectivity index (χ2n) is 4.78. The lowest BCUT2D eigenvalue weighted by molar-refractivity contribution is -0.143. The molecule has 0 aliphatic heterocycles. The van der Waals surface area contributed by atoms with Gasteiger partial charge in [-0.3, -0.25) is 4.79 Å². The Morgan fingerprint density at radius 2 is 2.14 bits per heavy atom. The highest BCUT2D eigenvalue weighted by Crippen LogP contribution is 2.34. The molecule has 0 atom stereocenters. The lowest BCUT2D eigenvalue weighted by atomic mass is 10.3. The number of ether oxygens (including phenoxy) is 1. The van der Waals surface area contributed by atoms with Crippen molar-refractivity contribution >= 4 is 37.6 Å². The summed E-state index contributed by atoms with van der Waals surface area (Å²) in [5.41, 5.74) is 6.02. The standard InChI is InChI=1S/C13H17BrN2O4S/c1-2-20-13(17)8-16(10-4-5-10)21(18,19)12-7-9(15)3-6-11(12)14/h3,6-7,10H,2,4-5,8,15H2,1H3. The zero-order valence-corrected chi connectivity index (χ0v) is 14.0. The van der Waals surface area contributed by atoms with Crippen molar-refractivity contribution in [3.8, 4) is 0 Å². The van der Waals surface area contributed by atoms with Gasteiger partial charge in [0.25, 0.3) is 0 Å². The Balaban J connectivity index is 2.34. The molecule has 0 radical (unpaired) electrons. The smallest absolute Gasteiger partial charge is 0.321 e. The molecule has 2 rings (SSSR count). The topological polar surface area (TPSA) is 89.7 Å². The lowest BCUT2D eigenvalue weighted by Crippen LogP contribution is -2.38. The molecule has 0 spiro atoms. The predicted octanol–water partition coefficient (Wildman–Crippen LogP) is 1.75. The summed E-state index contributed by atoms with van der Waals surface area (Å²) in [6.45, 7) is 1.63. The van der Waals surface area contributed by atoms with Gasteiger partial charge in [-0.15, -0.1) is 0 Å². The van der Waals surface area contributed by atoms with Crippen molar-refractivity contribution in [2.45, 2.75) is 30.7 Å². The number of nitrogen functional groups attached to an aromatic ring is 1. The molecular formula is C13H17BrN2O4S. The number of hydrogen-bond donors (Lipinski definition) is 1. The molecule has 0 amide bonds. The zero-order chi connectivity index (χ0) is 15.6. The van der Waals surface area contributed by atoms with Crippen LogP contribution in [0.2, 0.25) is 0 Å². The van der Waals surface area contributed by atoms with Gasteiger partial charge in [0.15, 0.2) is 0 Å². The third kappa shape index (κ3) is 3.75. The van der Waals surface area contributed by atoms with Gasteiger partial charge in [-0.25, -0.2) is 8.42 Å². The number of carbonyl (C=O) groups excluding carboxylic acids is 1. The van der Waals surface area contributed by atoms with Gasteiger partial charge in [0.05, 0.1) is 11.5 Å². The van der Waals surface area contributed by atoms with Gasteiger partial charge in [-0.05, 0) is 53.9 Å². The first-order valence-corrected chi connectivity index (χ1v) is 8.82. The van der Waals surface area contributed by atoms with E-state index in [1.807, 2.05) is 0 Å². The molecular weight excluding hydrogens is 360 g/mol. The van der Waals surface area contributed by atoms with E-state index in [4.69, 9.17) is 10.5 Å². The fourth-order valence-corrected chi connectivity index (χ4v) is 4.54. The van der Waals surface area contributed by atoms with Crippen molar-refractivity contribution in [2.75, 3.05) is 18.9 Å². The molecule has 8 heteroatoms. The summed E-state index contributed by atoms with van der Waals surface area (Å²) in [5, 5.41) is 0. The van der Waals surface area contributed by atoms with E-state index >= 15 is 0 Å². The Labute approximate surface area is 132 Å². The van der Waals surface area contributed by atoms with Crippen LogP contribution in [0.25, 0.3) is 0 Å². The highest BCUT2D eigenvalue weighted by atomic mass is 79.9. The van der Waals surface area contributed by atoms with E-state index in [9.17, 15) is 13.2 Å². The molecule has 0 saturated heterocycles. The van der Waals surface area contributed by atoms with E-state index < -0.39 is 16.0 Å². The van der Waals surface area contributed by atoms with E-state index in [2.05, 4.69) is 15.9 Å². The monoisotopic (exact) mass is 376 g/mol. The molecule has 1 aromatic carbocycles. The average Bonchev–Trinajstić information content (AvgIpc) is 3.23. The number of anilines is 1. The molecule has 1 aliphatic carbocycles. The Kier molecular flexibility index (Phi) is 4.90. The minimum atomic E-state index is -3.80. The van der Waals surface area contributed by atoms with Crippen LogP contribution in [-0.4, -0.2) is 37.9 Å². The molecule has 116 valence electrons. The van der Waals surface area contributed by atoms with Gasteiger partial charge < -0.3 is 10.5 Å². The largest absolute Gasteiger partial charge is 0.465 e. The zero-order valence-electron chi connectivity index (χ0n) is 11.6. The van der Waals surface area contributed by atoms with Gasteiger partial charge in [-0.2, -0.15) is 4.31 Å². The van der Waals surface area contributed by atoms with Crippen molar-refractivity contribution in [3.05, 3.63) is 22.7 Å². The first-order valence-electron chi connectivity index (χ1n) is 6.58. The SMILES string of the molecule is CCOC(=O)CN(C1CC1)S(=O)(=O)c1cc(N)ccc1Br. The number of benzene rings is 1. The van der Waals surface area contributed by atoms with Crippen molar-refractivity contribution in [1.82, 2.24) is 4.31 Å². The van der Waals surface area contributed by atoms with Crippen molar-refractivity contribution < 1.29 is 17.9 Å². The third-order valence-corrected chi connectivity index (χ3v) is 5.98. The van der Waals surface area contributed by atoms with Crippen LogP contribution in [0.1, 0.15) is 19.8 Å². The van der Waals surface area contributed by atoms with Crippen LogP contribution in [0, 0.1) is 0 Å². The molecule has 0 bridgehead atoms. The quantitative estimate of drug-likeness (QED) is 0.603. The highest BCUT2D eigenvalue weighted by Gasteiger charge is 2.40. The number of carbonyl (C=O) groups is 1. The fourth-order valence-electron chi connectivity index (χ4n) is 1.95. The van der Waals surface area contributed by atoms with Crippen molar-refractivity contribution in [2.24, 2.45) is 0 Å². The van der Waals surface area contributed by atoms with Crippen LogP contribution < -0.4 is 5.73 Å². The van der Waals surface area contributed by atoms with E-state index in [0.29, 0.717) is 10.2 Å². The normalized spacial score (nSPS) is 15.2. The average molecular weight is 377 g/mol. The lowest BCUT2D eigenvalue weighted by Gasteiger charge is -2.21. The summed E-state index contributed by atoms with van der Waals surface area (Å²) in [6.07, 6.45) is 1.50. The summed E-state index contributed by atoms with van der Waals surface area (Å²) in [4.78, 5) is 11.7. The number of rotatable bonds is 6. The van der Waals surface area contributed by atoms with Gasteiger partial charge in [-0.1, -0.05) is 0 Å². The molecule has 0 unspecified atom stereocenters. The minimum Gasteiger partial charge on any atom is -0.465 e. The number of nitrogens with two attached hydrogens (primary N) is 1. The maximum absolute atomic E-state index is 12.8. The molecule has 0 aromatic heterocycles. The Hall–Kier alpha value is -1.12. The molecule has 1 fully saturated rings. The van der Waals surface area contributed by atoms with Crippen LogP contribution in [0.5, 0.6) is 0 Å². The summed E-state index contributed by atoms with van der Waals surface area (Å²) >= 11 is 3.22. The second kappa shape index (κ2) is 6.33. The Bertz CT molecular complexity index is 644. The second-order valence-corrected chi connectivity index (χ2v) is 7.49. The van der Waals surface area contributed by atoms with Crippen LogP contribution in [0.15, 0.2) is 27.6 Å². The van der Waals surface area contributed by atoms with Gasteiger partial charge >= 0.3 is 5.97 Å². The fraction of sp³-hybridized carbons (Fsp3) is 0.462. The Morgan fingerprint density at radius 1 is 1.48 bits per heavy atom. The number of halogens is 1. The maximum Gasteiger partial charge on any atom is 0.321 e. The van der Waals surface area contributed by atoms with Gasteiger partial charge in [0.2, 0.25) is 10.0 Å². The van der Waals surface area contributed by atoms with Crippen molar-refractivity contribution in [3.63, 3.8) is 0 Å². The van der Waals surface area contributed by atoms with Crippen LogP contribution in [-0.2, 0) is 19.6 Å². The molecule has 2 N–H and O–H groups in total. The summed E-state index contributed by atoms with van der Waals surface area (Å²) in [5.74, 6) is -0.548. The van der Waals surface area contributed by atoms with E-state index in [0.717, 1.165) is 12.8 Å². The number of sulfonamides is 1. The number of esters is 1. The van der Waals surface area contributed by atoms with Crippen LogP contribution >= 0.6 is 15.9 Å². The molecule has 1 aromatic rings. The van der Waals surface area contributed by atoms with Crippen LogP contribution in [0.3, 0.4) is 0 Å².